The van der Waals surface area contributed by atoms with Gasteiger partial charge in [0.15, 0.2) is 9.84 Å². The van der Waals surface area contributed by atoms with Crippen molar-refractivity contribution in [1.82, 2.24) is 0 Å². The Hall–Kier alpha value is -1.16. The molecule has 0 bridgehead atoms. The highest BCUT2D eigenvalue weighted by Crippen LogP contribution is 2.22. The third kappa shape index (κ3) is 3.45. The number of hydrogen-bond donors (Lipinski definition) is 0. The van der Waals surface area contributed by atoms with Crippen LogP contribution in [0.25, 0.3) is 0 Å². The molecule has 0 heterocycles. The molecule has 0 aromatic heterocycles. The van der Waals surface area contributed by atoms with E-state index in [1.165, 1.54) is 6.92 Å². The molecule has 3 nitrogen and oxygen atoms in total. The number of benzene rings is 1. The molecule has 1 rings (SSSR count). The minimum atomic E-state index is -3.23. The second-order valence-corrected chi connectivity index (χ2v) is 6.31. The topological polar surface area (TPSA) is 51.2 Å². The Morgan fingerprint density at radius 3 is 2.31 bits per heavy atom. The summed E-state index contributed by atoms with van der Waals surface area (Å²) < 4.78 is 23.8. The second-order valence-electron chi connectivity index (χ2n) is 3.87. The zero-order valence-corrected chi connectivity index (χ0v) is 10.3. The van der Waals surface area contributed by atoms with Gasteiger partial charge in [-0.2, -0.15) is 0 Å². The van der Waals surface area contributed by atoms with Crippen LogP contribution in [-0.4, -0.2) is 20.0 Å². The van der Waals surface area contributed by atoms with Crippen molar-refractivity contribution in [3.63, 3.8) is 0 Å². The maximum absolute atomic E-state index is 11.9. The van der Waals surface area contributed by atoms with Crippen molar-refractivity contribution < 1.29 is 13.2 Å². The number of carbonyl (C=O) groups excluding carboxylic acids is 1. The minimum Gasteiger partial charge on any atom is -0.300 e. The largest absolute Gasteiger partial charge is 0.300 e. The zero-order chi connectivity index (χ0) is 12.2. The van der Waals surface area contributed by atoms with Crippen molar-refractivity contribution in [3.8, 4) is 0 Å². The quantitative estimate of drug-likeness (QED) is 0.792. The van der Waals surface area contributed by atoms with Crippen LogP contribution in [0, 0.1) is 0 Å². The first-order valence-electron chi connectivity index (χ1n) is 5.19. The Bertz CT molecular complexity index is 448. The molecular weight excluding hydrogens is 224 g/mol. The number of rotatable bonds is 5. The molecule has 0 amide bonds. The van der Waals surface area contributed by atoms with Crippen LogP contribution in [0.4, 0.5) is 0 Å². The van der Waals surface area contributed by atoms with Crippen molar-refractivity contribution in [1.29, 1.82) is 0 Å². The van der Waals surface area contributed by atoms with Crippen LogP contribution < -0.4 is 0 Å². The predicted molar refractivity (Wildman–Crippen MR) is 63.9 cm³/mol. The Morgan fingerprint density at radius 1 is 1.25 bits per heavy atom. The molecule has 1 unspecified atom stereocenters. The van der Waals surface area contributed by atoms with Crippen LogP contribution in [0.1, 0.15) is 31.1 Å². The third-order valence-electron chi connectivity index (χ3n) is 2.55. The number of Topliss-reactive ketones (excluding diaryl/α,β-unsaturated/α-hetero) is 1. The van der Waals surface area contributed by atoms with E-state index in [0.717, 1.165) is 5.56 Å². The fraction of sp³-hybridized carbons (Fsp3) is 0.417. The highest BCUT2D eigenvalue weighted by molar-refractivity contribution is 7.91. The fourth-order valence-corrected chi connectivity index (χ4v) is 2.89. The molecule has 0 radical (unpaired) electrons. The van der Waals surface area contributed by atoms with E-state index < -0.39 is 15.1 Å². The SMILES string of the molecule is CC(=O)CCS(=O)(=O)C(C)c1ccccc1. The summed E-state index contributed by atoms with van der Waals surface area (Å²) >= 11 is 0. The molecule has 1 atom stereocenters. The highest BCUT2D eigenvalue weighted by Gasteiger charge is 2.22. The molecule has 16 heavy (non-hydrogen) atoms. The molecule has 0 saturated heterocycles. The average Bonchev–Trinajstić information content (AvgIpc) is 2.27. The molecule has 0 aliphatic carbocycles. The van der Waals surface area contributed by atoms with E-state index >= 15 is 0 Å². The first kappa shape index (κ1) is 12.9. The Kier molecular flexibility index (Phi) is 4.24. The average molecular weight is 240 g/mol. The standard InChI is InChI=1S/C12H16O3S/c1-10(13)8-9-16(14,15)11(2)12-6-4-3-5-7-12/h3-7,11H,8-9H2,1-2H3. The first-order chi connectivity index (χ1) is 7.43. The lowest BCUT2D eigenvalue weighted by atomic mass is 10.2. The summed E-state index contributed by atoms with van der Waals surface area (Å²) in [6, 6.07) is 9.04. The molecule has 0 N–H and O–H groups in total. The summed E-state index contributed by atoms with van der Waals surface area (Å²) in [7, 11) is -3.23. The molecule has 0 spiro atoms. The number of sulfone groups is 1. The Labute approximate surface area is 96.4 Å². The van der Waals surface area contributed by atoms with Gasteiger partial charge in [-0.25, -0.2) is 8.42 Å². The summed E-state index contributed by atoms with van der Waals surface area (Å²) in [4.78, 5) is 10.8. The second kappa shape index (κ2) is 5.25. The molecule has 4 heteroatoms. The fourth-order valence-electron chi connectivity index (χ4n) is 1.39. The lowest BCUT2D eigenvalue weighted by Crippen LogP contribution is -2.16. The van der Waals surface area contributed by atoms with Crippen LogP contribution in [0.2, 0.25) is 0 Å². The lowest BCUT2D eigenvalue weighted by Gasteiger charge is -2.12. The van der Waals surface area contributed by atoms with E-state index in [9.17, 15) is 13.2 Å². The molecule has 88 valence electrons. The van der Waals surface area contributed by atoms with Crippen LogP contribution in [0.3, 0.4) is 0 Å². The van der Waals surface area contributed by atoms with Crippen molar-refractivity contribution in [2.75, 3.05) is 5.75 Å². The number of carbonyl (C=O) groups is 1. The Morgan fingerprint density at radius 2 is 1.81 bits per heavy atom. The van der Waals surface area contributed by atoms with E-state index in [0.29, 0.717) is 0 Å². The van der Waals surface area contributed by atoms with Gasteiger partial charge in [-0.15, -0.1) is 0 Å². The zero-order valence-electron chi connectivity index (χ0n) is 9.51. The maximum atomic E-state index is 11.9. The predicted octanol–water partition coefficient (Wildman–Crippen LogP) is 2.14. The molecule has 0 aliphatic rings. The van der Waals surface area contributed by atoms with Crippen LogP contribution in [-0.2, 0) is 14.6 Å². The molecule has 1 aromatic rings. The van der Waals surface area contributed by atoms with E-state index in [2.05, 4.69) is 0 Å². The van der Waals surface area contributed by atoms with Gasteiger partial charge >= 0.3 is 0 Å². The summed E-state index contributed by atoms with van der Waals surface area (Å²) in [6.45, 7) is 3.06. The third-order valence-corrected chi connectivity index (χ3v) is 4.67. The van der Waals surface area contributed by atoms with Crippen molar-refractivity contribution >= 4 is 15.6 Å². The lowest BCUT2D eigenvalue weighted by molar-refractivity contribution is -0.116. The van der Waals surface area contributed by atoms with E-state index in [1.54, 1.807) is 19.1 Å². The summed E-state index contributed by atoms with van der Waals surface area (Å²) in [5.74, 6) is -0.165. The van der Waals surface area contributed by atoms with E-state index in [1.807, 2.05) is 18.2 Å². The van der Waals surface area contributed by atoms with Gasteiger partial charge in [-0.1, -0.05) is 30.3 Å². The van der Waals surface area contributed by atoms with Crippen molar-refractivity contribution in [3.05, 3.63) is 35.9 Å². The molecule has 0 aliphatic heterocycles. The van der Waals surface area contributed by atoms with Gasteiger partial charge in [-0.05, 0) is 19.4 Å². The molecule has 0 fully saturated rings. The van der Waals surface area contributed by atoms with Crippen molar-refractivity contribution in [2.45, 2.75) is 25.5 Å². The van der Waals surface area contributed by atoms with Crippen molar-refractivity contribution in [2.24, 2.45) is 0 Å². The van der Waals surface area contributed by atoms with Crippen LogP contribution >= 0.6 is 0 Å². The van der Waals surface area contributed by atoms with Crippen LogP contribution in [0.5, 0.6) is 0 Å². The van der Waals surface area contributed by atoms with Gasteiger partial charge in [0.05, 0.1) is 11.0 Å². The molecule has 0 saturated carbocycles. The van der Waals surface area contributed by atoms with Gasteiger partial charge in [-0.3, -0.25) is 4.79 Å². The van der Waals surface area contributed by atoms with Gasteiger partial charge < -0.3 is 0 Å². The van der Waals surface area contributed by atoms with Crippen LogP contribution in [0.15, 0.2) is 30.3 Å². The summed E-state index contributed by atoms with van der Waals surface area (Å²) in [5.41, 5.74) is 0.769. The number of hydrogen-bond acceptors (Lipinski definition) is 3. The minimum absolute atomic E-state index is 0.0710. The normalized spacial score (nSPS) is 13.4. The smallest absolute Gasteiger partial charge is 0.157 e. The van der Waals surface area contributed by atoms with Gasteiger partial charge in [0, 0.05) is 6.42 Å². The Balaban J connectivity index is 2.81. The molecule has 1 aromatic carbocycles. The van der Waals surface area contributed by atoms with Gasteiger partial charge in [0.1, 0.15) is 5.78 Å². The maximum Gasteiger partial charge on any atom is 0.157 e. The monoisotopic (exact) mass is 240 g/mol. The summed E-state index contributed by atoms with van der Waals surface area (Å²) in [5, 5.41) is -0.548. The first-order valence-corrected chi connectivity index (χ1v) is 6.91. The van der Waals surface area contributed by atoms with Gasteiger partial charge in [0.25, 0.3) is 0 Å². The van der Waals surface area contributed by atoms with E-state index in [-0.39, 0.29) is 18.0 Å². The summed E-state index contributed by atoms with van der Waals surface area (Å²) in [6.07, 6.45) is 0.0967. The molecular formula is C12H16O3S. The van der Waals surface area contributed by atoms with Gasteiger partial charge in [0.2, 0.25) is 0 Å². The number of ketones is 1. The van der Waals surface area contributed by atoms with E-state index in [4.69, 9.17) is 0 Å². The highest BCUT2D eigenvalue weighted by atomic mass is 32.2.